The zero-order valence-corrected chi connectivity index (χ0v) is 18.7. The number of aromatic nitrogens is 1. The molecule has 1 aliphatic rings. The van der Waals surface area contributed by atoms with Crippen LogP contribution in [0.4, 0.5) is 11.4 Å². The van der Waals surface area contributed by atoms with Crippen LogP contribution in [0.2, 0.25) is 0 Å². The van der Waals surface area contributed by atoms with Crippen LogP contribution in [0.1, 0.15) is 24.2 Å². The summed E-state index contributed by atoms with van der Waals surface area (Å²) in [5.74, 6) is -1.07. The first-order valence-electron chi connectivity index (χ1n) is 10.6. The molecule has 3 aromatic rings. The summed E-state index contributed by atoms with van der Waals surface area (Å²) in [5.41, 5.74) is 2.41. The normalized spacial score (nSPS) is 17.3. The van der Waals surface area contributed by atoms with Gasteiger partial charge in [0.25, 0.3) is 11.7 Å². The van der Waals surface area contributed by atoms with E-state index in [4.69, 9.17) is 4.74 Å². The van der Waals surface area contributed by atoms with Crippen molar-refractivity contribution in [3.63, 3.8) is 0 Å². The van der Waals surface area contributed by atoms with Gasteiger partial charge < -0.3 is 14.7 Å². The van der Waals surface area contributed by atoms with Gasteiger partial charge in [0, 0.05) is 37.2 Å². The summed E-state index contributed by atoms with van der Waals surface area (Å²) in [7, 11) is 3.85. The Kier molecular flexibility index (Phi) is 6.13. The predicted molar refractivity (Wildman–Crippen MR) is 127 cm³/mol. The lowest BCUT2D eigenvalue weighted by Crippen LogP contribution is -2.29. The van der Waals surface area contributed by atoms with E-state index in [2.05, 4.69) is 4.98 Å². The lowest BCUT2D eigenvalue weighted by molar-refractivity contribution is -0.132. The minimum absolute atomic E-state index is 0.000420. The number of benzene rings is 2. The molecule has 1 saturated heterocycles. The molecule has 1 amide bonds. The Bertz CT molecular complexity index is 1190. The molecule has 0 saturated carbocycles. The van der Waals surface area contributed by atoms with Gasteiger partial charge in [-0.2, -0.15) is 0 Å². The minimum Gasteiger partial charge on any atom is -0.507 e. The van der Waals surface area contributed by atoms with Crippen LogP contribution >= 0.6 is 0 Å². The number of ether oxygens (including phenoxy) is 1. The molecule has 1 aliphatic heterocycles. The number of ketones is 1. The SMILES string of the molecule is CCOc1ccc(/C(O)=C2/C(=O)C(=O)N(c3ccc(N(C)C)cc3)C2c2ccccn2)cc1. The maximum atomic E-state index is 13.2. The fraction of sp³-hybridized carbons (Fsp3) is 0.192. The van der Waals surface area contributed by atoms with Crippen molar-refractivity contribution in [2.24, 2.45) is 0 Å². The van der Waals surface area contributed by atoms with Crippen LogP contribution in [0.3, 0.4) is 0 Å². The van der Waals surface area contributed by atoms with Gasteiger partial charge >= 0.3 is 0 Å². The van der Waals surface area contributed by atoms with Gasteiger partial charge in [0.15, 0.2) is 0 Å². The highest BCUT2D eigenvalue weighted by Gasteiger charge is 2.47. The molecule has 2 aromatic carbocycles. The molecule has 4 rings (SSSR count). The third-order valence-electron chi connectivity index (χ3n) is 5.50. The van der Waals surface area contributed by atoms with Crippen molar-refractivity contribution in [3.05, 3.63) is 89.8 Å². The minimum atomic E-state index is -0.858. The molecule has 7 heteroatoms. The number of pyridine rings is 1. The Morgan fingerprint density at radius 1 is 1.03 bits per heavy atom. The van der Waals surface area contributed by atoms with Crippen molar-refractivity contribution in [3.8, 4) is 5.75 Å². The number of carbonyl (C=O) groups is 2. The summed E-state index contributed by atoms with van der Waals surface area (Å²) in [6.07, 6.45) is 1.60. The molecule has 168 valence electrons. The van der Waals surface area contributed by atoms with Crippen molar-refractivity contribution in [1.82, 2.24) is 4.98 Å². The number of hydrogen-bond acceptors (Lipinski definition) is 6. The van der Waals surface area contributed by atoms with Crippen molar-refractivity contribution < 1.29 is 19.4 Å². The molecule has 1 aromatic heterocycles. The number of amides is 1. The first kappa shape index (κ1) is 22.1. The van der Waals surface area contributed by atoms with Crippen LogP contribution < -0.4 is 14.5 Å². The average molecular weight is 444 g/mol. The maximum absolute atomic E-state index is 13.2. The van der Waals surface area contributed by atoms with E-state index in [1.54, 1.807) is 60.8 Å². The van der Waals surface area contributed by atoms with E-state index >= 15 is 0 Å². The number of aliphatic hydroxyl groups is 1. The summed E-state index contributed by atoms with van der Waals surface area (Å²) in [5, 5.41) is 11.1. The van der Waals surface area contributed by atoms with Gasteiger partial charge in [0.2, 0.25) is 0 Å². The Balaban J connectivity index is 1.84. The van der Waals surface area contributed by atoms with Crippen molar-refractivity contribution in [1.29, 1.82) is 0 Å². The number of rotatable bonds is 6. The molecule has 7 nitrogen and oxygen atoms in total. The quantitative estimate of drug-likeness (QED) is 0.350. The van der Waals surface area contributed by atoms with Crippen LogP contribution in [0, 0.1) is 0 Å². The highest BCUT2D eigenvalue weighted by Crippen LogP contribution is 2.41. The standard InChI is InChI=1S/C26H25N3O4/c1-4-33-20-14-8-17(9-15-20)24(30)22-23(21-7-5-6-16-27-21)29(26(32)25(22)31)19-12-10-18(11-13-19)28(2)3/h5-16,23,30H,4H2,1-3H3/b24-22-. The average Bonchev–Trinajstić information content (AvgIpc) is 3.10. The smallest absolute Gasteiger partial charge is 0.300 e. The van der Waals surface area contributed by atoms with Gasteiger partial charge in [-0.15, -0.1) is 0 Å². The summed E-state index contributed by atoms with van der Waals surface area (Å²) >= 11 is 0. The predicted octanol–water partition coefficient (Wildman–Crippen LogP) is 4.17. The molecule has 2 heterocycles. The number of hydrogen-bond donors (Lipinski definition) is 1. The maximum Gasteiger partial charge on any atom is 0.300 e. The zero-order valence-electron chi connectivity index (χ0n) is 18.7. The van der Waals surface area contributed by atoms with E-state index in [1.807, 2.05) is 38.1 Å². The van der Waals surface area contributed by atoms with Gasteiger partial charge in [0.05, 0.1) is 17.9 Å². The van der Waals surface area contributed by atoms with Gasteiger partial charge in [-0.3, -0.25) is 19.5 Å². The molecule has 1 fully saturated rings. The highest BCUT2D eigenvalue weighted by molar-refractivity contribution is 6.51. The zero-order chi connectivity index (χ0) is 23.5. The molecule has 0 bridgehead atoms. The molecule has 1 atom stereocenters. The molecule has 1 N–H and O–H groups in total. The van der Waals surface area contributed by atoms with Crippen LogP contribution in [-0.2, 0) is 9.59 Å². The van der Waals surface area contributed by atoms with Gasteiger partial charge in [-0.05, 0) is 67.6 Å². The Labute approximate surface area is 192 Å². The van der Waals surface area contributed by atoms with Crippen LogP contribution in [0.15, 0.2) is 78.5 Å². The van der Waals surface area contributed by atoms with E-state index in [0.29, 0.717) is 29.3 Å². The van der Waals surface area contributed by atoms with Crippen LogP contribution in [-0.4, -0.2) is 42.5 Å². The second kappa shape index (κ2) is 9.16. The second-order valence-corrected chi connectivity index (χ2v) is 7.79. The van der Waals surface area contributed by atoms with Crippen LogP contribution in [0.5, 0.6) is 5.75 Å². The molecule has 0 spiro atoms. The molecule has 0 aliphatic carbocycles. The Hall–Kier alpha value is -4.13. The van der Waals surface area contributed by atoms with Crippen molar-refractivity contribution in [2.75, 3.05) is 30.5 Å². The number of Topliss-reactive ketones (excluding diaryl/α,β-unsaturated/α-hetero) is 1. The van der Waals surface area contributed by atoms with Gasteiger partial charge in [-0.25, -0.2) is 0 Å². The van der Waals surface area contributed by atoms with Gasteiger partial charge in [-0.1, -0.05) is 6.07 Å². The van der Waals surface area contributed by atoms with E-state index < -0.39 is 17.7 Å². The molecule has 33 heavy (non-hydrogen) atoms. The Morgan fingerprint density at radius 3 is 2.30 bits per heavy atom. The van der Waals surface area contributed by atoms with E-state index in [1.165, 1.54) is 4.90 Å². The molecule has 1 unspecified atom stereocenters. The second-order valence-electron chi connectivity index (χ2n) is 7.79. The summed E-state index contributed by atoms with van der Waals surface area (Å²) in [6.45, 7) is 2.40. The Morgan fingerprint density at radius 2 is 1.73 bits per heavy atom. The number of carbonyl (C=O) groups excluding carboxylic acids is 2. The lowest BCUT2D eigenvalue weighted by atomic mass is 9.98. The number of nitrogens with zero attached hydrogens (tertiary/aromatic N) is 3. The van der Waals surface area contributed by atoms with E-state index in [9.17, 15) is 14.7 Å². The molecular weight excluding hydrogens is 418 g/mol. The lowest BCUT2D eigenvalue weighted by Gasteiger charge is -2.25. The summed E-state index contributed by atoms with van der Waals surface area (Å²) in [6, 6.07) is 18.5. The highest BCUT2D eigenvalue weighted by atomic mass is 16.5. The van der Waals surface area contributed by atoms with Crippen molar-refractivity contribution >= 4 is 28.8 Å². The monoisotopic (exact) mass is 443 g/mol. The van der Waals surface area contributed by atoms with Gasteiger partial charge in [0.1, 0.15) is 17.6 Å². The van der Waals surface area contributed by atoms with E-state index in [0.717, 1.165) is 5.69 Å². The number of anilines is 2. The third-order valence-corrected chi connectivity index (χ3v) is 5.50. The third kappa shape index (κ3) is 4.17. The topological polar surface area (TPSA) is 83.0 Å². The first-order valence-corrected chi connectivity index (χ1v) is 10.6. The fourth-order valence-corrected chi connectivity index (χ4v) is 3.86. The largest absolute Gasteiger partial charge is 0.507 e. The molecular formula is C26H25N3O4. The fourth-order valence-electron chi connectivity index (χ4n) is 3.86. The summed E-state index contributed by atoms with van der Waals surface area (Å²) < 4.78 is 5.46. The van der Waals surface area contributed by atoms with Crippen molar-refractivity contribution in [2.45, 2.75) is 13.0 Å². The number of aliphatic hydroxyl groups excluding tert-OH is 1. The molecule has 0 radical (unpaired) electrons. The summed E-state index contributed by atoms with van der Waals surface area (Å²) in [4.78, 5) is 34.1. The van der Waals surface area contributed by atoms with E-state index in [-0.39, 0.29) is 11.3 Å². The first-order chi connectivity index (χ1) is 15.9. The van der Waals surface area contributed by atoms with Crippen LogP contribution in [0.25, 0.3) is 5.76 Å².